The average molecular weight is 183 g/mol. The highest BCUT2D eigenvalue weighted by molar-refractivity contribution is 5.29. The maximum Gasteiger partial charge on any atom is 0.114 e. The van der Waals surface area contributed by atoms with E-state index in [2.05, 4.69) is 0 Å². The molecule has 0 fully saturated rings. The maximum absolute atomic E-state index is 6.04. The molecule has 1 aliphatic rings. The summed E-state index contributed by atoms with van der Waals surface area (Å²) in [5.74, 6) is 0. The molecular formula is C9H17N3O. The summed E-state index contributed by atoms with van der Waals surface area (Å²) in [5.41, 5.74) is 11.9. The zero-order chi connectivity index (χ0) is 10.1. The topological polar surface area (TPSA) is 64.5 Å². The maximum atomic E-state index is 6.04. The van der Waals surface area contributed by atoms with Crippen molar-refractivity contribution in [3.63, 3.8) is 0 Å². The molecule has 4 nitrogen and oxygen atoms in total. The lowest BCUT2D eigenvalue weighted by Gasteiger charge is -2.34. The van der Waals surface area contributed by atoms with Crippen LogP contribution in [0.25, 0.3) is 0 Å². The summed E-state index contributed by atoms with van der Waals surface area (Å²) in [7, 11) is 5.43. The minimum absolute atomic E-state index is 0.142. The molecule has 0 aliphatic heterocycles. The molecule has 0 aromatic rings. The fourth-order valence-electron chi connectivity index (χ4n) is 1.24. The Kier molecular flexibility index (Phi) is 2.75. The van der Waals surface area contributed by atoms with Crippen LogP contribution in [-0.2, 0) is 4.74 Å². The number of likely N-dealkylation sites (N-methyl/N-ethyl adjacent to an activating group) is 1. The van der Waals surface area contributed by atoms with Crippen molar-refractivity contribution in [2.24, 2.45) is 11.5 Å². The summed E-state index contributed by atoms with van der Waals surface area (Å²) >= 11 is 0. The lowest BCUT2D eigenvalue weighted by Crippen LogP contribution is -2.51. The predicted molar refractivity (Wildman–Crippen MR) is 52.8 cm³/mol. The van der Waals surface area contributed by atoms with Crippen molar-refractivity contribution >= 4 is 0 Å². The van der Waals surface area contributed by atoms with Crippen LogP contribution in [0, 0.1) is 0 Å². The molecular weight excluding hydrogens is 166 g/mol. The molecule has 0 aromatic carbocycles. The number of hydrogen-bond donors (Lipinski definition) is 2. The highest BCUT2D eigenvalue weighted by Gasteiger charge is 2.27. The molecule has 0 spiro atoms. The summed E-state index contributed by atoms with van der Waals surface area (Å²) in [5, 5.41) is 0. The van der Waals surface area contributed by atoms with E-state index in [-0.39, 0.29) is 6.10 Å². The Hall–Kier alpha value is -0.840. The first-order valence-corrected chi connectivity index (χ1v) is 4.16. The van der Waals surface area contributed by atoms with Crippen LogP contribution in [0.4, 0.5) is 0 Å². The van der Waals surface area contributed by atoms with Gasteiger partial charge in [-0.15, -0.1) is 0 Å². The summed E-state index contributed by atoms with van der Waals surface area (Å²) in [4.78, 5) is 1.89. The summed E-state index contributed by atoms with van der Waals surface area (Å²) < 4.78 is 5.12. The third kappa shape index (κ3) is 1.91. The van der Waals surface area contributed by atoms with Crippen molar-refractivity contribution < 1.29 is 4.74 Å². The van der Waals surface area contributed by atoms with Crippen molar-refractivity contribution in [1.82, 2.24) is 4.90 Å². The van der Waals surface area contributed by atoms with Crippen LogP contribution in [-0.4, -0.2) is 37.9 Å². The zero-order valence-corrected chi connectivity index (χ0v) is 8.32. The van der Waals surface area contributed by atoms with E-state index in [1.165, 1.54) is 0 Å². The number of rotatable bonds is 2. The van der Waals surface area contributed by atoms with E-state index in [4.69, 9.17) is 16.2 Å². The van der Waals surface area contributed by atoms with Gasteiger partial charge in [0, 0.05) is 12.8 Å². The van der Waals surface area contributed by atoms with Gasteiger partial charge >= 0.3 is 0 Å². The molecule has 0 aromatic heterocycles. The van der Waals surface area contributed by atoms with E-state index >= 15 is 0 Å². The highest BCUT2D eigenvalue weighted by atomic mass is 16.5. The van der Waals surface area contributed by atoms with Gasteiger partial charge in [-0.3, -0.25) is 4.90 Å². The van der Waals surface area contributed by atoms with Crippen LogP contribution in [0.2, 0.25) is 0 Å². The Labute approximate surface area is 78.8 Å². The fraction of sp³-hybridized carbons (Fsp3) is 0.556. The smallest absolute Gasteiger partial charge is 0.114 e. The monoisotopic (exact) mass is 183 g/mol. The van der Waals surface area contributed by atoms with E-state index in [9.17, 15) is 0 Å². The predicted octanol–water partition coefficient (Wildman–Crippen LogP) is -0.370. The van der Waals surface area contributed by atoms with Gasteiger partial charge in [0.2, 0.25) is 0 Å². The second kappa shape index (κ2) is 3.49. The second-order valence-electron chi connectivity index (χ2n) is 3.44. The lowest BCUT2D eigenvalue weighted by atomic mass is 9.99. The first-order chi connectivity index (χ1) is 5.99. The highest BCUT2D eigenvalue weighted by Crippen LogP contribution is 2.18. The van der Waals surface area contributed by atoms with Gasteiger partial charge < -0.3 is 16.2 Å². The SMILES string of the molecule is COC1C=CC(N)(N(C)C)C=C1N. The molecule has 0 radical (unpaired) electrons. The van der Waals surface area contributed by atoms with E-state index in [0.717, 1.165) is 0 Å². The van der Waals surface area contributed by atoms with Gasteiger partial charge in [0.15, 0.2) is 0 Å². The molecule has 2 atom stereocenters. The Bertz CT molecular complexity index is 247. The Morgan fingerprint density at radius 2 is 2.15 bits per heavy atom. The standard InChI is InChI=1S/C9H17N3O/c1-12(2)9(11)5-4-8(13-3)7(10)6-9/h4-6,8H,10-11H2,1-3H3. The summed E-state index contributed by atoms with van der Waals surface area (Å²) in [6, 6.07) is 0. The van der Waals surface area contributed by atoms with Crippen molar-refractivity contribution in [1.29, 1.82) is 0 Å². The molecule has 13 heavy (non-hydrogen) atoms. The van der Waals surface area contributed by atoms with Gasteiger partial charge in [-0.25, -0.2) is 0 Å². The first kappa shape index (κ1) is 10.2. The lowest BCUT2D eigenvalue weighted by molar-refractivity contribution is 0.158. The van der Waals surface area contributed by atoms with Crippen LogP contribution >= 0.6 is 0 Å². The molecule has 0 saturated carbocycles. The Morgan fingerprint density at radius 1 is 1.54 bits per heavy atom. The van der Waals surface area contributed by atoms with Crippen molar-refractivity contribution in [3.8, 4) is 0 Å². The van der Waals surface area contributed by atoms with E-state index < -0.39 is 5.66 Å². The van der Waals surface area contributed by atoms with Gasteiger partial charge in [-0.1, -0.05) is 6.08 Å². The van der Waals surface area contributed by atoms with Crippen molar-refractivity contribution in [2.75, 3.05) is 21.2 Å². The van der Waals surface area contributed by atoms with Gasteiger partial charge in [0.25, 0.3) is 0 Å². The fourth-order valence-corrected chi connectivity index (χ4v) is 1.24. The third-order valence-electron chi connectivity index (χ3n) is 2.29. The number of methoxy groups -OCH3 is 1. The molecule has 0 bridgehead atoms. The summed E-state index contributed by atoms with van der Waals surface area (Å²) in [6.45, 7) is 0. The molecule has 1 aliphatic carbocycles. The molecule has 1 rings (SSSR count). The molecule has 2 unspecified atom stereocenters. The van der Waals surface area contributed by atoms with E-state index in [1.807, 2.05) is 31.1 Å². The largest absolute Gasteiger partial charge is 0.400 e. The average Bonchev–Trinajstić information content (AvgIpc) is 2.04. The number of nitrogens with two attached hydrogens (primary N) is 2. The van der Waals surface area contributed by atoms with Crippen molar-refractivity contribution in [3.05, 3.63) is 23.9 Å². The molecule has 0 saturated heterocycles. The molecule has 0 heterocycles. The Balaban J connectivity index is 2.88. The van der Waals surface area contributed by atoms with Crippen LogP contribution in [0.5, 0.6) is 0 Å². The van der Waals surface area contributed by atoms with Gasteiger partial charge in [0.05, 0.1) is 0 Å². The minimum Gasteiger partial charge on any atom is -0.400 e. The van der Waals surface area contributed by atoms with Crippen LogP contribution in [0.15, 0.2) is 23.9 Å². The second-order valence-corrected chi connectivity index (χ2v) is 3.44. The van der Waals surface area contributed by atoms with E-state index in [0.29, 0.717) is 5.70 Å². The zero-order valence-electron chi connectivity index (χ0n) is 8.32. The molecule has 0 amide bonds. The van der Waals surface area contributed by atoms with Crippen LogP contribution in [0.1, 0.15) is 0 Å². The van der Waals surface area contributed by atoms with Crippen LogP contribution < -0.4 is 11.5 Å². The van der Waals surface area contributed by atoms with Gasteiger partial charge in [0.1, 0.15) is 11.8 Å². The first-order valence-electron chi connectivity index (χ1n) is 4.16. The van der Waals surface area contributed by atoms with Gasteiger partial charge in [-0.05, 0) is 26.2 Å². The molecule has 4 heteroatoms. The van der Waals surface area contributed by atoms with E-state index in [1.54, 1.807) is 13.2 Å². The quantitative estimate of drug-likeness (QED) is 0.453. The Morgan fingerprint density at radius 3 is 2.54 bits per heavy atom. The summed E-state index contributed by atoms with van der Waals surface area (Å²) in [6.07, 6.45) is 5.42. The number of hydrogen-bond acceptors (Lipinski definition) is 4. The number of ether oxygens (including phenoxy) is 1. The minimum atomic E-state index is -0.584. The number of nitrogens with zero attached hydrogens (tertiary/aromatic N) is 1. The molecule has 4 N–H and O–H groups in total. The van der Waals surface area contributed by atoms with Crippen LogP contribution in [0.3, 0.4) is 0 Å². The normalized spacial score (nSPS) is 33.6. The molecule has 74 valence electrons. The van der Waals surface area contributed by atoms with Crippen molar-refractivity contribution in [2.45, 2.75) is 11.8 Å². The third-order valence-corrected chi connectivity index (χ3v) is 2.29. The van der Waals surface area contributed by atoms with Gasteiger partial charge in [-0.2, -0.15) is 0 Å².